The Morgan fingerprint density at radius 2 is 2.16 bits per heavy atom. The first kappa shape index (κ1) is 15.4. The summed E-state index contributed by atoms with van der Waals surface area (Å²) in [6, 6.07) is 6.54. The van der Waals surface area contributed by atoms with Gasteiger partial charge in [-0.1, -0.05) is 30.1 Å². The van der Waals surface area contributed by atoms with Crippen LogP contribution in [0.5, 0.6) is 0 Å². The van der Waals surface area contributed by atoms with Gasteiger partial charge < -0.3 is 10.6 Å². The zero-order valence-corrected chi connectivity index (χ0v) is 11.8. The molecule has 0 aliphatic carbocycles. The summed E-state index contributed by atoms with van der Waals surface area (Å²) >= 11 is 11.6. The predicted molar refractivity (Wildman–Crippen MR) is 77.1 cm³/mol. The maximum atomic E-state index is 11.8. The van der Waals surface area contributed by atoms with Crippen molar-refractivity contribution in [2.24, 2.45) is 0 Å². The minimum atomic E-state index is -0.496. The molecule has 1 rings (SSSR count). The summed E-state index contributed by atoms with van der Waals surface area (Å²) in [7, 11) is 0. The number of amides is 1. The van der Waals surface area contributed by atoms with Crippen LogP contribution in [0.25, 0.3) is 0 Å². The van der Waals surface area contributed by atoms with E-state index in [0.717, 1.165) is 6.42 Å². The highest BCUT2D eigenvalue weighted by molar-refractivity contribution is 6.42. The highest BCUT2D eigenvalue weighted by atomic mass is 35.5. The van der Waals surface area contributed by atoms with Crippen molar-refractivity contribution >= 4 is 34.8 Å². The molecule has 4 nitrogen and oxygen atoms in total. The minimum Gasteiger partial charge on any atom is -0.390 e. The van der Waals surface area contributed by atoms with Crippen molar-refractivity contribution in [3.8, 4) is 6.07 Å². The third-order valence-electron chi connectivity index (χ3n) is 2.18. The minimum absolute atomic E-state index is 0.000442. The summed E-state index contributed by atoms with van der Waals surface area (Å²) in [6.45, 7) is 2.69. The Hall–Kier alpha value is -1.70. The van der Waals surface area contributed by atoms with Crippen LogP contribution in [0, 0.1) is 11.3 Å². The maximum Gasteiger partial charge on any atom is 0.267 e. The molecule has 6 heteroatoms. The first-order valence-electron chi connectivity index (χ1n) is 5.68. The van der Waals surface area contributed by atoms with Gasteiger partial charge in [0.25, 0.3) is 5.91 Å². The third kappa shape index (κ3) is 4.82. The van der Waals surface area contributed by atoms with Crippen molar-refractivity contribution in [3.05, 3.63) is 40.0 Å². The molecule has 1 aromatic rings. The molecule has 100 valence electrons. The Bertz CT molecular complexity index is 535. The second-order valence-electron chi connectivity index (χ2n) is 3.71. The van der Waals surface area contributed by atoms with Gasteiger partial charge in [-0.2, -0.15) is 5.26 Å². The molecule has 1 aromatic carbocycles. The van der Waals surface area contributed by atoms with Crippen LogP contribution in [0.3, 0.4) is 0 Å². The lowest BCUT2D eigenvalue weighted by atomic mass is 10.2. The molecule has 1 amide bonds. The van der Waals surface area contributed by atoms with Gasteiger partial charge in [-0.15, -0.1) is 0 Å². The zero-order chi connectivity index (χ0) is 14.3. The van der Waals surface area contributed by atoms with Crippen LogP contribution in [-0.4, -0.2) is 12.5 Å². The number of hydrogen-bond acceptors (Lipinski definition) is 3. The number of benzene rings is 1. The number of rotatable bonds is 5. The lowest BCUT2D eigenvalue weighted by Gasteiger charge is -2.06. The van der Waals surface area contributed by atoms with Crippen LogP contribution in [0.1, 0.15) is 13.3 Å². The first-order valence-corrected chi connectivity index (χ1v) is 6.44. The second-order valence-corrected chi connectivity index (χ2v) is 4.52. The lowest BCUT2D eigenvalue weighted by Crippen LogP contribution is -2.17. The Morgan fingerprint density at radius 3 is 2.74 bits per heavy atom. The molecule has 0 aliphatic rings. The van der Waals surface area contributed by atoms with E-state index in [-0.39, 0.29) is 5.57 Å². The summed E-state index contributed by atoms with van der Waals surface area (Å²) in [5.74, 6) is -0.496. The van der Waals surface area contributed by atoms with Gasteiger partial charge in [0.05, 0.1) is 10.0 Å². The van der Waals surface area contributed by atoms with Crippen LogP contribution in [0.2, 0.25) is 10.0 Å². The Labute approximate surface area is 122 Å². The number of carbonyl (C=O) groups excluding carboxylic acids is 1. The third-order valence-corrected chi connectivity index (χ3v) is 2.92. The van der Waals surface area contributed by atoms with Crippen molar-refractivity contribution in [3.63, 3.8) is 0 Å². The zero-order valence-electron chi connectivity index (χ0n) is 10.3. The molecule has 0 bridgehead atoms. The van der Waals surface area contributed by atoms with Crippen LogP contribution in [0.15, 0.2) is 30.0 Å². The first-order chi connectivity index (χ1) is 9.08. The van der Waals surface area contributed by atoms with Crippen LogP contribution in [-0.2, 0) is 4.79 Å². The van der Waals surface area contributed by atoms with Gasteiger partial charge in [0.2, 0.25) is 0 Å². The van der Waals surface area contributed by atoms with Gasteiger partial charge in [0.15, 0.2) is 0 Å². The fraction of sp³-hybridized carbons (Fsp3) is 0.231. The van der Waals surface area contributed by atoms with E-state index in [9.17, 15) is 4.79 Å². The molecule has 0 aromatic heterocycles. The highest BCUT2D eigenvalue weighted by Gasteiger charge is 2.09. The van der Waals surface area contributed by atoms with Crippen molar-refractivity contribution in [2.45, 2.75) is 13.3 Å². The number of carbonyl (C=O) groups is 1. The molecule has 0 heterocycles. The van der Waals surface area contributed by atoms with Gasteiger partial charge >= 0.3 is 0 Å². The summed E-state index contributed by atoms with van der Waals surface area (Å²) in [5.41, 5.74) is 0.482. The van der Waals surface area contributed by atoms with Crippen molar-refractivity contribution in [2.75, 3.05) is 11.9 Å². The highest BCUT2D eigenvalue weighted by Crippen LogP contribution is 2.25. The summed E-state index contributed by atoms with van der Waals surface area (Å²) < 4.78 is 0. The molecule has 0 saturated carbocycles. The van der Waals surface area contributed by atoms with Crippen LogP contribution in [0.4, 0.5) is 5.69 Å². The molecule has 2 N–H and O–H groups in total. The SMILES string of the molecule is CCCN/C=C(/C#N)C(=O)Nc1ccc(Cl)c(Cl)c1. The number of nitrogens with one attached hydrogen (secondary N) is 2. The van der Waals surface area contributed by atoms with E-state index in [1.54, 1.807) is 12.1 Å². The average Bonchev–Trinajstić information content (AvgIpc) is 2.39. The Kier molecular flexibility index (Phi) is 6.20. The van der Waals surface area contributed by atoms with Gasteiger partial charge in [-0.3, -0.25) is 4.79 Å². The van der Waals surface area contributed by atoms with E-state index in [0.29, 0.717) is 22.3 Å². The van der Waals surface area contributed by atoms with E-state index < -0.39 is 5.91 Å². The van der Waals surface area contributed by atoms with E-state index in [2.05, 4.69) is 10.6 Å². The molecule has 0 fully saturated rings. The molecular formula is C13H13Cl2N3O. The van der Waals surface area contributed by atoms with Crippen molar-refractivity contribution in [1.82, 2.24) is 5.32 Å². The molecule has 0 unspecified atom stereocenters. The average molecular weight is 298 g/mol. The van der Waals surface area contributed by atoms with E-state index in [1.807, 2.05) is 13.0 Å². The number of anilines is 1. The second kappa shape index (κ2) is 7.67. The molecule has 0 radical (unpaired) electrons. The molecule has 0 aliphatic heterocycles. The number of hydrogen-bond donors (Lipinski definition) is 2. The Morgan fingerprint density at radius 1 is 1.42 bits per heavy atom. The quantitative estimate of drug-likeness (QED) is 0.498. The summed E-state index contributed by atoms with van der Waals surface area (Å²) in [5, 5.41) is 15.1. The van der Waals surface area contributed by atoms with Crippen LogP contribution < -0.4 is 10.6 Å². The normalized spacial score (nSPS) is 10.7. The van der Waals surface area contributed by atoms with E-state index in [4.69, 9.17) is 28.5 Å². The predicted octanol–water partition coefficient (Wildman–Crippen LogP) is 3.34. The lowest BCUT2D eigenvalue weighted by molar-refractivity contribution is -0.112. The smallest absolute Gasteiger partial charge is 0.267 e. The molecule has 19 heavy (non-hydrogen) atoms. The maximum absolute atomic E-state index is 11.8. The fourth-order valence-corrected chi connectivity index (χ4v) is 1.54. The van der Waals surface area contributed by atoms with Gasteiger partial charge in [0, 0.05) is 18.4 Å². The number of nitriles is 1. The topological polar surface area (TPSA) is 64.9 Å². The summed E-state index contributed by atoms with van der Waals surface area (Å²) in [4.78, 5) is 11.8. The monoisotopic (exact) mass is 297 g/mol. The molecule has 0 spiro atoms. The van der Waals surface area contributed by atoms with Crippen LogP contribution >= 0.6 is 23.2 Å². The number of halogens is 2. The van der Waals surface area contributed by atoms with E-state index >= 15 is 0 Å². The molecule has 0 atom stereocenters. The molecule has 0 saturated heterocycles. The van der Waals surface area contributed by atoms with Crippen molar-refractivity contribution < 1.29 is 4.79 Å². The largest absolute Gasteiger partial charge is 0.390 e. The Balaban J connectivity index is 2.74. The van der Waals surface area contributed by atoms with Gasteiger partial charge in [-0.25, -0.2) is 0 Å². The fourth-order valence-electron chi connectivity index (χ4n) is 1.24. The number of nitrogens with zero attached hydrogens (tertiary/aromatic N) is 1. The molecular weight excluding hydrogens is 285 g/mol. The summed E-state index contributed by atoms with van der Waals surface area (Å²) in [6.07, 6.45) is 2.31. The van der Waals surface area contributed by atoms with Crippen molar-refractivity contribution in [1.29, 1.82) is 5.26 Å². The van der Waals surface area contributed by atoms with Gasteiger partial charge in [-0.05, 0) is 24.6 Å². The standard InChI is InChI=1S/C13H13Cl2N3O/c1-2-5-17-8-9(7-16)13(19)18-10-3-4-11(14)12(15)6-10/h3-4,6,8,17H,2,5H2,1H3,(H,18,19)/b9-8-. The van der Waals surface area contributed by atoms with E-state index in [1.165, 1.54) is 12.3 Å². The van der Waals surface area contributed by atoms with Gasteiger partial charge in [0.1, 0.15) is 11.6 Å².